The van der Waals surface area contributed by atoms with Crippen molar-refractivity contribution in [3.8, 4) is 0 Å². The van der Waals surface area contributed by atoms with Gasteiger partial charge in [0, 0.05) is 12.0 Å². The second-order valence-electron chi connectivity index (χ2n) is 4.33. The maximum Gasteiger partial charge on any atom is 0.230 e. The number of nitrogens with one attached hydrogen (secondary N) is 1. The standard InChI is InChI=1S/C15H16O2.CH3NO2/c1-2-6-13-9-10-14(17-13)11-15(16)12-7-4-3-5-8-12;3-1-2-4/h3-5,7-10H,2,6,11H2,1H3;1,4H,(H,2,3). The van der Waals surface area contributed by atoms with Crippen molar-refractivity contribution in [2.75, 3.05) is 0 Å². The number of rotatable bonds is 6. The summed E-state index contributed by atoms with van der Waals surface area (Å²) in [5.74, 6) is 1.81. The average molecular weight is 289 g/mol. The maximum atomic E-state index is 11.9. The van der Waals surface area contributed by atoms with E-state index in [1.54, 1.807) is 0 Å². The number of aryl methyl sites for hydroxylation is 1. The topological polar surface area (TPSA) is 79.5 Å². The molecule has 0 atom stereocenters. The Labute approximate surface area is 123 Å². The molecule has 2 N–H and O–H groups in total. The van der Waals surface area contributed by atoms with E-state index < -0.39 is 0 Å². The van der Waals surface area contributed by atoms with Crippen molar-refractivity contribution in [2.24, 2.45) is 0 Å². The first kappa shape index (κ1) is 16.7. The minimum absolute atomic E-state index is 0.1000. The Morgan fingerprint density at radius 2 is 1.81 bits per heavy atom. The van der Waals surface area contributed by atoms with E-state index in [1.165, 1.54) is 5.48 Å². The molecule has 0 aliphatic rings. The van der Waals surface area contributed by atoms with Gasteiger partial charge in [0.05, 0.1) is 6.42 Å². The highest BCUT2D eigenvalue weighted by Gasteiger charge is 2.09. The molecule has 1 heterocycles. The van der Waals surface area contributed by atoms with Crippen molar-refractivity contribution >= 4 is 12.2 Å². The first-order valence-electron chi connectivity index (χ1n) is 6.70. The lowest BCUT2D eigenvalue weighted by Gasteiger charge is -1.98. The zero-order chi connectivity index (χ0) is 15.5. The minimum Gasteiger partial charge on any atom is -0.466 e. The molecule has 5 heteroatoms. The summed E-state index contributed by atoms with van der Waals surface area (Å²) in [4.78, 5) is 20.7. The van der Waals surface area contributed by atoms with E-state index in [1.807, 2.05) is 42.5 Å². The quantitative estimate of drug-likeness (QED) is 0.371. The predicted molar refractivity (Wildman–Crippen MR) is 78.2 cm³/mol. The van der Waals surface area contributed by atoms with Gasteiger partial charge in [0.15, 0.2) is 5.78 Å². The summed E-state index contributed by atoms with van der Waals surface area (Å²) >= 11 is 0. The number of Topliss-reactive ketones (excluding diaryl/α,β-unsaturated/α-hetero) is 1. The number of hydroxylamine groups is 1. The molecule has 0 aliphatic heterocycles. The number of ketones is 1. The molecule has 2 aromatic rings. The maximum absolute atomic E-state index is 11.9. The Hall–Kier alpha value is -2.40. The molecule has 0 saturated carbocycles. The van der Waals surface area contributed by atoms with E-state index in [-0.39, 0.29) is 12.2 Å². The van der Waals surface area contributed by atoms with Crippen LogP contribution < -0.4 is 5.48 Å². The highest BCUT2D eigenvalue weighted by molar-refractivity contribution is 5.97. The summed E-state index contributed by atoms with van der Waals surface area (Å²) in [6, 6.07) is 13.2. The summed E-state index contributed by atoms with van der Waals surface area (Å²) in [5, 5.41) is 7.26. The highest BCUT2D eigenvalue weighted by Crippen LogP contribution is 2.13. The Morgan fingerprint density at radius 3 is 2.38 bits per heavy atom. The van der Waals surface area contributed by atoms with Crippen LogP contribution >= 0.6 is 0 Å². The van der Waals surface area contributed by atoms with Gasteiger partial charge in [0.1, 0.15) is 11.5 Å². The Morgan fingerprint density at radius 1 is 1.19 bits per heavy atom. The van der Waals surface area contributed by atoms with E-state index >= 15 is 0 Å². The first-order chi connectivity index (χ1) is 10.2. The third-order valence-corrected chi connectivity index (χ3v) is 2.70. The van der Waals surface area contributed by atoms with Crippen LogP contribution in [0.15, 0.2) is 46.9 Å². The Balaban J connectivity index is 0.000000491. The summed E-state index contributed by atoms with van der Waals surface area (Å²) in [7, 11) is 0. The Bertz CT molecular complexity index is 548. The van der Waals surface area contributed by atoms with E-state index in [4.69, 9.17) is 14.4 Å². The van der Waals surface area contributed by atoms with Crippen LogP contribution in [0.4, 0.5) is 0 Å². The molecule has 1 amide bonds. The molecule has 0 bridgehead atoms. The largest absolute Gasteiger partial charge is 0.466 e. The van der Waals surface area contributed by atoms with Crippen LogP contribution in [-0.4, -0.2) is 17.4 Å². The molecule has 0 spiro atoms. The molecule has 0 unspecified atom stereocenters. The monoisotopic (exact) mass is 289 g/mol. The molecule has 112 valence electrons. The first-order valence-corrected chi connectivity index (χ1v) is 6.70. The third-order valence-electron chi connectivity index (χ3n) is 2.70. The molecule has 2 rings (SSSR count). The summed E-state index contributed by atoms with van der Waals surface area (Å²) in [5.41, 5.74) is 1.99. The zero-order valence-electron chi connectivity index (χ0n) is 11.9. The number of carbonyl (C=O) groups is 2. The average Bonchev–Trinajstić information content (AvgIpc) is 2.96. The summed E-state index contributed by atoms with van der Waals surface area (Å²) < 4.78 is 5.60. The van der Waals surface area contributed by atoms with E-state index in [2.05, 4.69) is 6.92 Å². The molecule has 21 heavy (non-hydrogen) atoms. The lowest BCUT2D eigenvalue weighted by Crippen LogP contribution is -2.02. The number of carbonyl (C=O) groups excluding carboxylic acids is 2. The number of benzene rings is 1. The van der Waals surface area contributed by atoms with Gasteiger partial charge in [-0.25, -0.2) is 5.48 Å². The van der Waals surface area contributed by atoms with Crippen molar-refractivity contribution < 1.29 is 19.2 Å². The van der Waals surface area contributed by atoms with Crippen LogP contribution in [0.1, 0.15) is 35.2 Å². The minimum atomic E-state index is 0.1000. The van der Waals surface area contributed by atoms with Crippen LogP contribution in [0, 0.1) is 0 Å². The van der Waals surface area contributed by atoms with Gasteiger partial charge in [-0.3, -0.25) is 14.8 Å². The molecule has 0 radical (unpaired) electrons. The molecule has 1 aromatic heterocycles. The number of hydrogen-bond acceptors (Lipinski definition) is 4. The fraction of sp³-hybridized carbons (Fsp3) is 0.250. The Kier molecular flexibility index (Phi) is 7.53. The fourth-order valence-electron chi connectivity index (χ4n) is 1.78. The summed E-state index contributed by atoms with van der Waals surface area (Å²) in [6.07, 6.45) is 2.51. The number of hydrogen-bond donors (Lipinski definition) is 2. The van der Waals surface area contributed by atoms with Crippen LogP contribution in [-0.2, 0) is 17.6 Å². The van der Waals surface area contributed by atoms with Crippen molar-refractivity contribution in [3.63, 3.8) is 0 Å². The second-order valence-corrected chi connectivity index (χ2v) is 4.33. The smallest absolute Gasteiger partial charge is 0.230 e. The molecule has 0 fully saturated rings. The van der Waals surface area contributed by atoms with Gasteiger partial charge in [-0.1, -0.05) is 37.3 Å². The van der Waals surface area contributed by atoms with Crippen molar-refractivity contribution in [1.82, 2.24) is 5.48 Å². The lowest BCUT2D eigenvalue weighted by atomic mass is 10.1. The van der Waals surface area contributed by atoms with Gasteiger partial charge < -0.3 is 4.42 Å². The molecular formula is C16H19NO4. The highest BCUT2D eigenvalue weighted by atomic mass is 16.5. The van der Waals surface area contributed by atoms with Gasteiger partial charge >= 0.3 is 0 Å². The normalized spacial score (nSPS) is 9.43. The lowest BCUT2D eigenvalue weighted by molar-refractivity contribution is -0.116. The molecule has 0 saturated heterocycles. The molecule has 5 nitrogen and oxygen atoms in total. The van der Waals surface area contributed by atoms with Crippen LogP contribution in [0.2, 0.25) is 0 Å². The number of amides is 1. The molecule has 1 aromatic carbocycles. The van der Waals surface area contributed by atoms with Crippen molar-refractivity contribution in [2.45, 2.75) is 26.2 Å². The summed E-state index contributed by atoms with van der Waals surface area (Å²) in [6.45, 7) is 2.11. The van der Waals surface area contributed by atoms with Gasteiger partial charge in [-0.15, -0.1) is 0 Å². The van der Waals surface area contributed by atoms with Gasteiger partial charge in [-0.05, 0) is 18.6 Å². The van der Waals surface area contributed by atoms with Crippen LogP contribution in [0.5, 0.6) is 0 Å². The zero-order valence-corrected chi connectivity index (χ0v) is 11.9. The van der Waals surface area contributed by atoms with Crippen LogP contribution in [0.3, 0.4) is 0 Å². The van der Waals surface area contributed by atoms with Crippen molar-refractivity contribution in [3.05, 3.63) is 59.5 Å². The third kappa shape index (κ3) is 6.05. The molecule has 0 aliphatic carbocycles. The van der Waals surface area contributed by atoms with Gasteiger partial charge in [-0.2, -0.15) is 0 Å². The van der Waals surface area contributed by atoms with Gasteiger partial charge in [0.25, 0.3) is 0 Å². The van der Waals surface area contributed by atoms with E-state index in [0.29, 0.717) is 6.42 Å². The predicted octanol–water partition coefficient (Wildman–Crippen LogP) is 2.78. The van der Waals surface area contributed by atoms with Crippen LogP contribution in [0.25, 0.3) is 0 Å². The van der Waals surface area contributed by atoms with E-state index in [9.17, 15) is 4.79 Å². The number of furan rings is 1. The second kappa shape index (κ2) is 9.50. The SMILES string of the molecule is CCCc1ccc(CC(=O)c2ccccc2)o1.O=CNO. The van der Waals surface area contributed by atoms with Gasteiger partial charge in [0.2, 0.25) is 6.41 Å². The van der Waals surface area contributed by atoms with E-state index in [0.717, 1.165) is 29.9 Å². The fourth-order valence-corrected chi connectivity index (χ4v) is 1.78. The molecular weight excluding hydrogens is 270 g/mol. The van der Waals surface area contributed by atoms with Crippen molar-refractivity contribution in [1.29, 1.82) is 0 Å².